The molecule has 0 saturated carbocycles. The fourth-order valence-corrected chi connectivity index (χ4v) is 8.96. The first-order valence-electron chi connectivity index (χ1n) is 21.3. The van der Waals surface area contributed by atoms with E-state index in [4.69, 9.17) is 9.98 Å². The van der Waals surface area contributed by atoms with Crippen molar-refractivity contribution in [3.63, 3.8) is 0 Å². The van der Waals surface area contributed by atoms with E-state index in [1.807, 2.05) is 36.4 Å². The third-order valence-corrected chi connectivity index (χ3v) is 12.4. The fraction of sp³-hybridized carbons (Fsp3) is 0.298. The molecule has 2 nitrogen and oxygen atoms in total. The van der Waals surface area contributed by atoms with Crippen molar-refractivity contribution in [2.45, 2.75) is 110 Å². The van der Waals surface area contributed by atoms with Crippen molar-refractivity contribution in [2.75, 3.05) is 0 Å². The van der Waals surface area contributed by atoms with E-state index in [0.29, 0.717) is 11.5 Å². The van der Waals surface area contributed by atoms with Gasteiger partial charge in [-0.1, -0.05) is 216 Å². The molecular weight excluding hydrogens is 713 g/mol. The molecule has 0 radical (unpaired) electrons. The van der Waals surface area contributed by atoms with E-state index in [0.717, 1.165) is 35.3 Å². The van der Waals surface area contributed by atoms with Gasteiger partial charge in [-0.15, -0.1) is 0 Å². The summed E-state index contributed by atoms with van der Waals surface area (Å²) in [6.07, 6.45) is 8.17. The second-order valence-electron chi connectivity index (χ2n) is 20.0. The number of allylic oxidation sites excluding steroid dienone is 5. The monoisotopic (exact) mass is 774 g/mol. The lowest BCUT2D eigenvalue weighted by molar-refractivity contribution is 0.347. The van der Waals surface area contributed by atoms with Gasteiger partial charge in [0.15, 0.2) is 5.84 Å². The summed E-state index contributed by atoms with van der Waals surface area (Å²) in [4.78, 5) is 10.4. The summed E-state index contributed by atoms with van der Waals surface area (Å²) >= 11 is 0. The van der Waals surface area contributed by atoms with Gasteiger partial charge in [0.25, 0.3) is 0 Å². The Balaban J connectivity index is 1.47. The summed E-state index contributed by atoms with van der Waals surface area (Å²) < 4.78 is 0. The van der Waals surface area contributed by atoms with Gasteiger partial charge in [-0.25, -0.2) is 9.98 Å². The van der Waals surface area contributed by atoms with Gasteiger partial charge in [0.1, 0.15) is 0 Å². The second kappa shape index (κ2) is 15.9. The number of aliphatic imine (C=N–C) groups is 2. The van der Waals surface area contributed by atoms with Gasteiger partial charge in [-0.3, -0.25) is 0 Å². The first-order valence-corrected chi connectivity index (χ1v) is 21.3. The molecule has 0 aliphatic heterocycles. The zero-order valence-corrected chi connectivity index (χ0v) is 37.1. The zero-order chi connectivity index (χ0) is 42.3. The summed E-state index contributed by atoms with van der Waals surface area (Å²) in [5.74, 6) is 0.678. The number of hydrogen-bond donors (Lipinski definition) is 0. The van der Waals surface area contributed by atoms with Gasteiger partial charge in [-0.2, -0.15) is 0 Å². The maximum atomic E-state index is 5.25. The largest absolute Gasteiger partial charge is 0.229 e. The Kier molecular flexibility index (Phi) is 11.2. The lowest BCUT2D eigenvalue weighted by Gasteiger charge is -2.38. The maximum Gasteiger partial charge on any atom is 0.160 e. The molecule has 2 aliphatic carbocycles. The molecule has 5 aromatic carbocycles. The van der Waals surface area contributed by atoms with E-state index in [2.05, 4.69) is 179 Å². The molecule has 7 rings (SSSR count). The maximum absolute atomic E-state index is 5.25. The highest BCUT2D eigenvalue weighted by Crippen LogP contribution is 2.49. The standard InChI is InChI=1S/C57H62N2/c1-13-52(39-22-16-14-17-23-39)59-53(40-24-18-15-19-25-40)58-38(2)41-28-29-50-49-27-21-20-26-48(49)42-30-44(54(3,4)5)35-46(32-42)56(9,10)37-57(11,12)47-33-43(51(50)34-41)31-45(36-47)55(6,7)8/h13-33,35-36,51H,1-2,34,37H2,3-12H3/b58-53-,59-52+. The van der Waals surface area contributed by atoms with Gasteiger partial charge in [0.05, 0.1) is 11.4 Å². The Morgan fingerprint density at radius 2 is 1.17 bits per heavy atom. The van der Waals surface area contributed by atoms with E-state index < -0.39 is 0 Å². The lowest BCUT2D eigenvalue weighted by atomic mass is 9.66. The Morgan fingerprint density at radius 3 is 1.76 bits per heavy atom. The summed E-state index contributed by atoms with van der Waals surface area (Å²) in [6, 6.07) is 44.3. The summed E-state index contributed by atoms with van der Waals surface area (Å²) in [6.45, 7) is 32.6. The van der Waals surface area contributed by atoms with E-state index in [1.165, 1.54) is 50.1 Å². The topological polar surface area (TPSA) is 24.7 Å². The first kappa shape index (κ1) is 41.6. The van der Waals surface area contributed by atoms with E-state index in [-0.39, 0.29) is 27.6 Å². The Labute approximate surface area is 355 Å². The molecular formula is C57H62N2. The highest BCUT2D eigenvalue weighted by atomic mass is 14.9. The smallest absolute Gasteiger partial charge is 0.160 e. The van der Waals surface area contributed by atoms with Crippen molar-refractivity contribution in [1.82, 2.24) is 0 Å². The number of benzene rings is 5. The quantitative estimate of drug-likeness (QED) is 0.125. The SMILES string of the molecule is C=C/C(=N\C(=N/C(=C)C1=CC=C2c3ccccc3-c3cc(C(C)(C)C)cc(c3)C(C)(C)CC(C)(C)c3cc(cc(C(C)(C)C)c3)C2C1)c1ccccc1)c1ccccc1. The molecule has 1 atom stereocenters. The molecule has 0 amide bonds. The van der Waals surface area contributed by atoms with Crippen LogP contribution in [0, 0.1) is 0 Å². The fourth-order valence-electron chi connectivity index (χ4n) is 8.96. The van der Waals surface area contributed by atoms with Gasteiger partial charge in [-0.05, 0) is 96.2 Å². The van der Waals surface area contributed by atoms with E-state index >= 15 is 0 Å². The molecule has 2 heteroatoms. The number of nitrogens with zero attached hydrogens (tertiary/aromatic N) is 2. The Hall–Kier alpha value is -5.60. The van der Waals surface area contributed by atoms with Crippen molar-refractivity contribution in [2.24, 2.45) is 9.98 Å². The molecule has 0 aromatic heterocycles. The van der Waals surface area contributed by atoms with Crippen LogP contribution in [0.15, 0.2) is 174 Å². The number of amidine groups is 1. The molecule has 1 unspecified atom stereocenters. The van der Waals surface area contributed by atoms with Crippen molar-refractivity contribution in [3.05, 3.63) is 208 Å². The third kappa shape index (κ3) is 8.88. The van der Waals surface area contributed by atoms with Crippen LogP contribution in [0.4, 0.5) is 0 Å². The Morgan fingerprint density at radius 1 is 0.627 bits per heavy atom. The van der Waals surface area contributed by atoms with Crippen LogP contribution in [-0.4, -0.2) is 11.5 Å². The van der Waals surface area contributed by atoms with Crippen LogP contribution >= 0.6 is 0 Å². The van der Waals surface area contributed by atoms with Gasteiger partial charge >= 0.3 is 0 Å². The molecule has 0 saturated heterocycles. The van der Waals surface area contributed by atoms with Crippen LogP contribution in [0.25, 0.3) is 16.7 Å². The van der Waals surface area contributed by atoms with Crippen molar-refractivity contribution < 1.29 is 0 Å². The lowest BCUT2D eigenvalue weighted by Crippen LogP contribution is -2.31. The third-order valence-electron chi connectivity index (χ3n) is 12.4. The average molecular weight is 775 g/mol. The van der Waals surface area contributed by atoms with Crippen LogP contribution in [0.1, 0.15) is 133 Å². The van der Waals surface area contributed by atoms with E-state index in [9.17, 15) is 0 Å². The number of hydrogen-bond acceptors (Lipinski definition) is 1. The molecule has 4 bridgehead atoms. The van der Waals surface area contributed by atoms with Crippen LogP contribution in [-0.2, 0) is 21.7 Å². The van der Waals surface area contributed by atoms with Crippen molar-refractivity contribution in [3.8, 4) is 11.1 Å². The average Bonchev–Trinajstić information content (AvgIpc) is 3.21. The highest BCUT2D eigenvalue weighted by molar-refractivity contribution is 6.17. The summed E-state index contributed by atoms with van der Waals surface area (Å²) in [5.41, 5.74) is 16.3. The highest BCUT2D eigenvalue weighted by Gasteiger charge is 2.36. The number of fused-ring (bicyclic) bond motifs is 9. The normalized spacial score (nSPS) is 17.8. The molecule has 5 aromatic rings. The second-order valence-corrected chi connectivity index (χ2v) is 20.0. The van der Waals surface area contributed by atoms with Crippen molar-refractivity contribution >= 4 is 17.1 Å². The summed E-state index contributed by atoms with van der Waals surface area (Å²) in [7, 11) is 0. The minimum absolute atomic E-state index is 0.00512. The summed E-state index contributed by atoms with van der Waals surface area (Å²) in [5, 5.41) is 0. The minimum Gasteiger partial charge on any atom is -0.229 e. The molecule has 0 N–H and O–H groups in total. The molecule has 0 heterocycles. The van der Waals surface area contributed by atoms with Gasteiger partial charge in [0.2, 0.25) is 0 Å². The predicted molar refractivity (Wildman–Crippen MR) is 255 cm³/mol. The van der Waals surface area contributed by atoms with Crippen LogP contribution in [0.3, 0.4) is 0 Å². The molecule has 0 spiro atoms. The molecule has 300 valence electrons. The molecule has 0 fully saturated rings. The first-order chi connectivity index (χ1) is 27.8. The van der Waals surface area contributed by atoms with E-state index in [1.54, 1.807) is 6.08 Å². The molecule has 2 aliphatic rings. The Bertz CT molecular complexity index is 2520. The zero-order valence-electron chi connectivity index (χ0n) is 37.1. The number of rotatable bonds is 5. The van der Waals surface area contributed by atoms with Crippen LogP contribution < -0.4 is 0 Å². The van der Waals surface area contributed by atoms with Gasteiger partial charge < -0.3 is 0 Å². The predicted octanol–water partition coefficient (Wildman–Crippen LogP) is 15.0. The van der Waals surface area contributed by atoms with Crippen LogP contribution in [0.5, 0.6) is 0 Å². The molecule has 59 heavy (non-hydrogen) atoms. The van der Waals surface area contributed by atoms with Crippen LogP contribution in [0.2, 0.25) is 0 Å². The van der Waals surface area contributed by atoms with Gasteiger partial charge in [0, 0.05) is 17.0 Å². The van der Waals surface area contributed by atoms with Crippen molar-refractivity contribution in [1.29, 1.82) is 0 Å². The minimum atomic E-state index is -0.104.